The zero-order valence-corrected chi connectivity index (χ0v) is 31.3. The fourth-order valence-corrected chi connectivity index (χ4v) is 11.8. The molecule has 17 heteroatoms. The molecule has 0 radical (unpaired) electrons. The second kappa shape index (κ2) is 12.7. The molecule has 2 aromatic rings. The standard InChI is InChI=1S/C39H47F5N8O4/c1-18-29(40)17-52(18)37-46-33-28(35(48-37)51-15-23-7-24(16-51)27(23)10-31(55)56)8-20(11-39(33,43)44)19-3-5-49(12-19)36-45-32-25(2-4-38(32,41)42)34(47-36)50-13-21-6-22(14-50)26(21)9-30(53)54/h18-24,26-27,29H,2-17H2,1H3,(H,53,54)(H,55,56)/t18-,19?,20?,21-,22+,23-,24+,26?,27?,29?/m0/s1. The summed E-state index contributed by atoms with van der Waals surface area (Å²) in [7, 11) is 0. The van der Waals surface area contributed by atoms with Crippen LogP contribution in [0.3, 0.4) is 0 Å². The van der Waals surface area contributed by atoms with E-state index in [-0.39, 0.29) is 96.9 Å². The Kier molecular flexibility index (Phi) is 8.25. The Morgan fingerprint density at radius 1 is 0.696 bits per heavy atom. The van der Waals surface area contributed by atoms with Crippen LogP contribution in [0.1, 0.15) is 74.4 Å². The number of aromatic nitrogens is 4. The molecule has 6 saturated heterocycles. The zero-order valence-electron chi connectivity index (χ0n) is 31.3. The molecule has 302 valence electrons. The van der Waals surface area contributed by atoms with E-state index in [1.807, 2.05) is 14.7 Å². The lowest BCUT2D eigenvalue weighted by Gasteiger charge is -2.54. The summed E-state index contributed by atoms with van der Waals surface area (Å²) in [6.07, 6.45) is 1.09. The fourth-order valence-electron chi connectivity index (χ4n) is 11.8. The van der Waals surface area contributed by atoms with Gasteiger partial charge in [-0.2, -0.15) is 27.5 Å². The first-order valence-corrected chi connectivity index (χ1v) is 20.3. The Balaban J connectivity index is 0.921. The SMILES string of the molecule is C[C@H]1C(F)CN1c1nc(N2C[C@H]3C[C@@H](C2)C3CC(=O)O)c2c(n1)C(F)(F)CC(C1CCN(c3nc(N4C[C@H]5C[C@@H](C4)C5CC(=O)O)c4c(n3)C(F)(F)CC4)C1)C2. The van der Waals surface area contributed by atoms with Gasteiger partial charge in [0.25, 0.3) is 11.8 Å². The van der Waals surface area contributed by atoms with E-state index in [1.165, 1.54) is 0 Å². The second-order valence-corrected chi connectivity index (χ2v) is 18.2. The summed E-state index contributed by atoms with van der Waals surface area (Å²) in [6.45, 7) is 4.59. The number of piperidine rings is 4. The van der Waals surface area contributed by atoms with Gasteiger partial charge >= 0.3 is 11.9 Å². The molecule has 12 nitrogen and oxygen atoms in total. The van der Waals surface area contributed by atoms with Crippen molar-refractivity contribution in [3.63, 3.8) is 0 Å². The predicted molar refractivity (Wildman–Crippen MR) is 193 cm³/mol. The van der Waals surface area contributed by atoms with Crippen LogP contribution in [0.5, 0.6) is 0 Å². The van der Waals surface area contributed by atoms with Crippen molar-refractivity contribution in [1.82, 2.24) is 19.9 Å². The summed E-state index contributed by atoms with van der Waals surface area (Å²) in [5, 5.41) is 18.9. The molecule has 4 bridgehead atoms. The van der Waals surface area contributed by atoms with E-state index in [4.69, 9.17) is 9.97 Å². The number of hydrogen-bond acceptors (Lipinski definition) is 10. The molecule has 6 aliphatic heterocycles. The van der Waals surface area contributed by atoms with Crippen molar-refractivity contribution in [3.8, 4) is 0 Å². The Labute approximate surface area is 320 Å². The van der Waals surface area contributed by atoms with Gasteiger partial charge in [0.15, 0.2) is 0 Å². The summed E-state index contributed by atoms with van der Waals surface area (Å²) in [5.41, 5.74) is 0.243. The maximum absolute atomic E-state index is 16.5. The van der Waals surface area contributed by atoms with Gasteiger partial charge in [-0.25, -0.2) is 14.4 Å². The number of carbonyl (C=O) groups is 2. The van der Waals surface area contributed by atoms with Crippen molar-refractivity contribution in [2.45, 2.75) is 88.8 Å². The third-order valence-corrected chi connectivity index (χ3v) is 15.0. The van der Waals surface area contributed by atoms with Crippen LogP contribution in [0.15, 0.2) is 0 Å². The van der Waals surface area contributed by atoms with Gasteiger partial charge in [0.05, 0.1) is 12.6 Å². The monoisotopic (exact) mass is 786 g/mol. The quantitative estimate of drug-likeness (QED) is 0.326. The molecule has 0 aromatic carbocycles. The fraction of sp³-hybridized carbons (Fsp3) is 0.744. The number of alkyl halides is 5. The number of hydrogen-bond donors (Lipinski definition) is 2. The van der Waals surface area contributed by atoms with E-state index >= 15 is 17.6 Å². The molecule has 4 aliphatic carbocycles. The molecule has 2 saturated carbocycles. The van der Waals surface area contributed by atoms with Crippen molar-refractivity contribution >= 4 is 35.5 Å². The van der Waals surface area contributed by atoms with Gasteiger partial charge in [-0.05, 0) is 86.4 Å². The van der Waals surface area contributed by atoms with Gasteiger partial charge in [0.2, 0.25) is 11.9 Å². The molecule has 2 N–H and O–H groups in total. The average Bonchev–Trinajstić information content (AvgIpc) is 3.78. The highest BCUT2D eigenvalue weighted by atomic mass is 19.3. The lowest BCUT2D eigenvalue weighted by Crippen LogP contribution is -2.58. The second-order valence-electron chi connectivity index (χ2n) is 18.2. The zero-order chi connectivity index (χ0) is 39.0. The Morgan fingerprint density at radius 3 is 1.80 bits per heavy atom. The first-order valence-electron chi connectivity index (χ1n) is 20.3. The molecule has 12 rings (SSSR count). The van der Waals surface area contributed by atoms with Crippen LogP contribution in [-0.2, 0) is 34.3 Å². The van der Waals surface area contributed by atoms with Gasteiger partial charge < -0.3 is 29.8 Å². The molecule has 0 amide bonds. The van der Waals surface area contributed by atoms with Gasteiger partial charge in [0, 0.05) is 76.1 Å². The lowest BCUT2D eigenvalue weighted by atomic mass is 9.60. The van der Waals surface area contributed by atoms with Crippen LogP contribution in [0, 0.1) is 47.3 Å². The molecule has 10 aliphatic rings. The summed E-state index contributed by atoms with van der Waals surface area (Å²) in [6, 6.07) is -0.540. The number of aliphatic carboxylic acids is 2. The van der Waals surface area contributed by atoms with E-state index < -0.39 is 48.3 Å². The molecule has 8 heterocycles. The Morgan fingerprint density at radius 2 is 1.23 bits per heavy atom. The molecule has 5 unspecified atom stereocenters. The van der Waals surface area contributed by atoms with Gasteiger partial charge in [0.1, 0.15) is 29.2 Å². The third kappa shape index (κ3) is 5.78. The van der Waals surface area contributed by atoms with E-state index in [0.717, 1.165) is 12.8 Å². The number of fused-ring (bicyclic) bond motifs is 6. The molecule has 2 aromatic heterocycles. The van der Waals surface area contributed by atoms with Crippen LogP contribution in [0.2, 0.25) is 0 Å². The van der Waals surface area contributed by atoms with Gasteiger partial charge in [-0.3, -0.25) is 9.59 Å². The van der Waals surface area contributed by atoms with Crippen LogP contribution in [0.4, 0.5) is 45.5 Å². The van der Waals surface area contributed by atoms with Crippen LogP contribution in [0.25, 0.3) is 0 Å². The molecular formula is C39H47F5N8O4. The van der Waals surface area contributed by atoms with Crippen molar-refractivity contribution in [2.24, 2.45) is 47.3 Å². The van der Waals surface area contributed by atoms with Crippen molar-refractivity contribution in [2.75, 3.05) is 65.4 Å². The maximum atomic E-state index is 16.5. The molecular weight excluding hydrogens is 739 g/mol. The van der Waals surface area contributed by atoms with E-state index in [1.54, 1.807) is 11.8 Å². The number of anilines is 4. The van der Waals surface area contributed by atoms with E-state index in [0.29, 0.717) is 74.9 Å². The number of rotatable bonds is 9. The topological polar surface area (TPSA) is 139 Å². The predicted octanol–water partition coefficient (Wildman–Crippen LogP) is 5.13. The van der Waals surface area contributed by atoms with Gasteiger partial charge in [-0.15, -0.1) is 0 Å². The minimum absolute atomic E-state index is 0.0278. The highest BCUT2D eigenvalue weighted by molar-refractivity contribution is 5.68. The summed E-state index contributed by atoms with van der Waals surface area (Å²) >= 11 is 0. The minimum atomic E-state index is -3.29. The van der Waals surface area contributed by atoms with Crippen LogP contribution in [-0.4, -0.2) is 100 Å². The average molecular weight is 787 g/mol. The molecule has 56 heavy (non-hydrogen) atoms. The largest absolute Gasteiger partial charge is 0.481 e. The lowest BCUT2D eigenvalue weighted by molar-refractivity contribution is -0.142. The number of carboxylic acid groups (broad SMARTS) is 2. The highest BCUT2D eigenvalue weighted by Gasteiger charge is 2.53. The van der Waals surface area contributed by atoms with Crippen molar-refractivity contribution in [1.29, 1.82) is 0 Å². The van der Waals surface area contributed by atoms with Crippen LogP contribution >= 0.6 is 0 Å². The highest BCUT2D eigenvalue weighted by Crippen LogP contribution is 2.54. The minimum Gasteiger partial charge on any atom is -0.481 e. The Hall–Kier alpha value is -4.05. The summed E-state index contributed by atoms with van der Waals surface area (Å²) < 4.78 is 78.0. The first kappa shape index (κ1) is 36.3. The van der Waals surface area contributed by atoms with E-state index in [9.17, 15) is 24.2 Å². The first-order chi connectivity index (χ1) is 26.6. The van der Waals surface area contributed by atoms with Crippen LogP contribution < -0.4 is 19.6 Å². The Bertz CT molecular complexity index is 1950. The van der Waals surface area contributed by atoms with Gasteiger partial charge in [-0.1, -0.05) is 0 Å². The maximum Gasteiger partial charge on any atom is 0.303 e. The summed E-state index contributed by atoms with van der Waals surface area (Å²) in [5.74, 6) is -6.88. The third-order valence-electron chi connectivity index (χ3n) is 15.0. The molecule has 0 spiro atoms. The number of carboxylic acids is 2. The number of halogens is 5. The summed E-state index contributed by atoms with van der Waals surface area (Å²) in [4.78, 5) is 49.2. The van der Waals surface area contributed by atoms with Crippen molar-refractivity contribution < 1.29 is 41.8 Å². The molecule has 10 atom stereocenters. The smallest absolute Gasteiger partial charge is 0.303 e. The molecule has 8 fully saturated rings. The number of nitrogens with zero attached hydrogens (tertiary/aromatic N) is 8. The van der Waals surface area contributed by atoms with E-state index in [2.05, 4.69) is 9.97 Å². The normalized spacial score (nSPS) is 36.0. The van der Waals surface area contributed by atoms with Crippen molar-refractivity contribution in [3.05, 3.63) is 22.5 Å².